The molecule has 36 heavy (non-hydrogen) atoms. The first-order chi connectivity index (χ1) is 17.4. The minimum Gasteiger partial charge on any atom is -0.497 e. The van der Waals surface area contributed by atoms with Gasteiger partial charge in [0.2, 0.25) is 11.0 Å². The van der Waals surface area contributed by atoms with Crippen molar-refractivity contribution in [2.75, 3.05) is 19.0 Å². The summed E-state index contributed by atoms with van der Waals surface area (Å²) in [7, 11) is 1.60. The number of amides is 2. The Morgan fingerprint density at radius 1 is 1.22 bits per heavy atom. The summed E-state index contributed by atoms with van der Waals surface area (Å²) < 4.78 is 20.0. The summed E-state index contributed by atoms with van der Waals surface area (Å²) in [6.07, 6.45) is 2.44. The number of hydrogen-bond donors (Lipinski definition) is 1. The zero-order valence-corrected chi connectivity index (χ0v) is 22.4. The Balaban J connectivity index is 1.23. The molecule has 4 rings (SSSR count). The molecule has 2 aromatic carbocycles. The fourth-order valence-electron chi connectivity index (χ4n) is 3.20. The number of nitrogens with zero attached hydrogens (tertiary/aromatic N) is 3. The van der Waals surface area contributed by atoms with E-state index < -0.39 is 0 Å². The highest BCUT2D eigenvalue weighted by atomic mass is 32.2. The van der Waals surface area contributed by atoms with Crippen molar-refractivity contribution >= 4 is 74.4 Å². The van der Waals surface area contributed by atoms with Crippen LogP contribution in [0, 0.1) is 5.82 Å². The van der Waals surface area contributed by atoms with Gasteiger partial charge in [-0.3, -0.25) is 14.5 Å². The summed E-state index contributed by atoms with van der Waals surface area (Å²) in [6.45, 7) is 0.345. The number of carbonyl (C=O) groups excluding carboxylic acids is 2. The van der Waals surface area contributed by atoms with E-state index in [4.69, 9.17) is 17.0 Å². The molecule has 3 aromatic rings. The fourth-order valence-corrected chi connectivity index (χ4v) is 6.26. The number of aromatic nitrogens is 2. The molecule has 0 aliphatic carbocycles. The molecule has 1 saturated heterocycles. The third kappa shape index (κ3) is 6.90. The highest BCUT2D eigenvalue weighted by molar-refractivity contribution is 8.26. The Kier molecular flexibility index (Phi) is 9.08. The van der Waals surface area contributed by atoms with Crippen molar-refractivity contribution in [3.8, 4) is 5.75 Å². The lowest BCUT2D eigenvalue weighted by molar-refractivity contribution is -0.122. The smallest absolute Gasteiger partial charge is 0.266 e. The first-order valence-electron chi connectivity index (χ1n) is 10.8. The molecule has 12 heteroatoms. The molecule has 0 atom stereocenters. The maximum Gasteiger partial charge on any atom is 0.266 e. The van der Waals surface area contributed by atoms with E-state index in [0.717, 1.165) is 11.3 Å². The third-order valence-corrected chi connectivity index (χ3v) is 8.43. The molecule has 1 N–H and O–H groups in total. The molecular formula is C24H21FN4O3S4. The van der Waals surface area contributed by atoms with Gasteiger partial charge in [0.15, 0.2) is 4.34 Å². The number of benzene rings is 2. The zero-order valence-electron chi connectivity index (χ0n) is 19.1. The first-order valence-corrected chi connectivity index (χ1v) is 13.8. The molecule has 1 fully saturated rings. The molecule has 186 valence electrons. The molecule has 2 heterocycles. The van der Waals surface area contributed by atoms with E-state index in [1.54, 1.807) is 31.4 Å². The van der Waals surface area contributed by atoms with Gasteiger partial charge in [0.25, 0.3) is 5.91 Å². The van der Waals surface area contributed by atoms with Gasteiger partial charge in [-0.1, -0.05) is 77.4 Å². The summed E-state index contributed by atoms with van der Waals surface area (Å²) in [5.74, 6) is 0.508. The van der Waals surface area contributed by atoms with Gasteiger partial charge in [-0.2, -0.15) is 0 Å². The maximum absolute atomic E-state index is 13.7. The normalized spacial score (nSPS) is 14.5. The number of carbonyl (C=O) groups is 2. The van der Waals surface area contributed by atoms with E-state index in [1.165, 1.54) is 45.8 Å². The van der Waals surface area contributed by atoms with Gasteiger partial charge in [0.1, 0.15) is 15.9 Å². The zero-order chi connectivity index (χ0) is 25.5. The standard InChI is InChI=1S/C24H21FN4O3S4/c1-32-17-10-8-15(9-11-17)13-19-21(31)29(24(33)35-19)12-4-7-20(30)26-22-27-28-23(36-22)34-14-16-5-2-3-6-18(16)25/h2-3,5-6,8-11,13H,4,7,12,14H2,1H3,(H,26,27,30)/b19-13-. The summed E-state index contributed by atoms with van der Waals surface area (Å²) in [4.78, 5) is 27.2. The second kappa shape index (κ2) is 12.4. The van der Waals surface area contributed by atoms with Crippen LogP contribution in [-0.4, -0.2) is 44.9 Å². The van der Waals surface area contributed by atoms with Crippen molar-refractivity contribution in [1.29, 1.82) is 0 Å². The maximum atomic E-state index is 13.7. The minimum absolute atomic E-state index is 0.165. The van der Waals surface area contributed by atoms with Crippen LogP contribution < -0.4 is 10.1 Å². The van der Waals surface area contributed by atoms with Crippen LogP contribution in [0.25, 0.3) is 6.08 Å². The summed E-state index contributed by atoms with van der Waals surface area (Å²) in [5, 5.41) is 11.1. The van der Waals surface area contributed by atoms with E-state index in [2.05, 4.69) is 15.5 Å². The largest absolute Gasteiger partial charge is 0.497 e. The van der Waals surface area contributed by atoms with Crippen LogP contribution in [0.1, 0.15) is 24.0 Å². The second-order valence-electron chi connectivity index (χ2n) is 7.51. The van der Waals surface area contributed by atoms with E-state index in [-0.39, 0.29) is 24.1 Å². The molecular weight excluding hydrogens is 540 g/mol. The molecule has 0 unspecified atom stereocenters. The van der Waals surface area contributed by atoms with Gasteiger partial charge < -0.3 is 10.1 Å². The molecule has 0 spiro atoms. The quantitative estimate of drug-likeness (QED) is 0.149. The lowest BCUT2D eigenvalue weighted by Crippen LogP contribution is -2.29. The van der Waals surface area contributed by atoms with Crippen LogP contribution in [0.15, 0.2) is 57.8 Å². The number of rotatable bonds is 10. The van der Waals surface area contributed by atoms with Crippen LogP contribution >= 0.6 is 47.1 Å². The predicted octanol–water partition coefficient (Wildman–Crippen LogP) is 5.60. The molecule has 0 bridgehead atoms. The average Bonchev–Trinajstić information content (AvgIpc) is 3.43. The Hall–Kier alpha value is -2.80. The van der Waals surface area contributed by atoms with Crippen LogP contribution in [0.5, 0.6) is 5.75 Å². The SMILES string of the molecule is COc1ccc(/C=C2\SC(=S)N(CCCC(=O)Nc3nnc(SCc4ccccc4F)s3)C2=O)cc1. The van der Waals surface area contributed by atoms with Crippen LogP contribution in [0.3, 0.4) is 0 Å². The van der Waals surface area contributed by atoms with Gasteiger partial charge >= 0.3 is 0 Å². The van der Waals surface area contributed by atoms with Crippen LogP contribution in [0.2, 0.25) is 0 Å². The number of halogens is 1. The molecule has 2 amide bonds. The summed E-state index contributed by atoms with van der Waals surface area (Å²) >= 11 is 9.20. The van der Waals surface area contributed by atoms with Crippen LogP contribution in [-0.2, 0) is 15.3 Å². The Labute approximate surface area is 225 Å². The molecule has 0 saturated carbocycles. The van der Waals surface area contributed by atoms with Gasteiger partial charge in [0.05, 0.1) is 12.0 Å². The Morgan fingerprint density at radius 2 is 2.00 bits per heavy atom. The van der Waals surface area contributed by atoms with E-state index in [1.807, 2.05) is 24.3 Å². The number of nitrogens with one attached hydrogen (secondary N) is 1. The highest BCUT2D eigenvalue weighted by Crippen LogP contribution is 2.33. The molecule has 0 radical (unpaired) electrons. The minimum atomic E-state index is -0.263. The summed E-state index contributed by atoms with van der Waals surface area (Å²) in [6, 6.07) is 14.0. The highest BCUT2D eigenvalue weighted by Gasteiger charge is 2.31. The lowest BCUT2D eigenvalue weighted by atomic mass is 10.2. The number of thioether (sulfide) groups is 2. The van der Waals surface area contributed by atoms with Gasteiger partial charge in [-0.15, -0.1) is 10.2 Å². The predicted molar refractivity (Wildman–Crippen MR) is 147 cm³/mol. The molecule has 1 aliphatic heterocycles. The number of thiocarbonyl (C=S) groups is 1. The van der Waals surface area contributed by atoms with E-state index in [0.29, 0.717) is 43.0 Å². The number of anilines is 1. The topological polar surface area (TPSA) is 84.4 Å². The molecule has 7 nitrogen and oxygen atoms in total. The average molecular weight is 561 g/mol. The molecule has 1 aromatic heterocycles. The Bertz CT molecular complexity index is 1300. The van der Waals surface area contributed by atoms with Crippen molar-refractivity contribution in [2.24, 2.45) is 0 Å². The van der Waals surface area contributed by atoms with Crippen molar-refractivity contribution in [3.05, 3.63) is 70.4 Å². The number of hydrogen-bond acceptors (Lipinski definition) is 9. The van der Waals surface area contributed by atoms with Gasteiger partial charge in [0, 0.05) is 18.7 Å². The third-order valence-electron chi connectivity index (χ3n) is 5.03. The van der Waals surface area contributed by atoms with Crippen molar-refractivity contribution in [2.45, 2.75) is 22.9 Å². The first kappa shape index (κ1) is 26.3. The van der Waals surface area contributed by atoms with E-state index in [9.17, 15) is 14.0 Å². The second-order valence-corrected chi connectivity index (χ2v) is 11.4. The van der Waals surface area contributed by atoms with Crippen molar-refractivity contribution < 1.29 is 18.7 Å². The lowest BCUT2D eigenvalue weighted by Gasteiger charge is -2.13. The van der Waals surface area contributed by atoms with Gasteiger partial charge in [-0.25, -0.2) is 4.39 Å². The number of methoxy groups -OCH3 is 1. The van der Waals surface area contributed by atoms with Crippen molar-refractivity contribution in [1.82, 2.24) is 15.1 Å². The number of ether oxygens (including phenoxy) is 1. The van der Waals surface area contributed by atoms with Crippen molar-refractivity contribution in [3.63, 3.8) is 0 Å². The summed E-state index contributed by atoms with van der Waals surface area (Å²) in [5.41, 5.74) is 1.46. The van der Waals surface area contributed by atoms with E-state index >= 15 is 0 Å². The Morgan fingerprint density at radius 3 is 2.75 bits per heavy atom. The van der Waals surface area contributed by atoms with Crippen LogP contribution in [0.4, 0.5) is 9.52 Å². The molecule has 1 aliphatic rings. The van der Waals surface area contributed by atoms with Gasteiger partial charge in [-0.05, 0) is 41.8 Å². The fraction of sp³-hybridized carbons (Fsp3) is 0.208. The monoisotopic (exact) mass is 560 g/mol.